The Morgan fingerprint density at radius 1 is 1.45 bits per heavy atom. The number of allylic oxidation sites excluding steroid dienone is 1. The van der Waals surface area contributed by atoms with Crippen LogP contribution in [0.25, 0.3) is 0 Å². The summed E-state index contributed by atoms with van der Waals surface area (Å²) in [5.74, 6) is 0. The van der Waals surface area contributed by atoms with Gasteiger partial charge in [0.1, 0.15) is 0 Å². The molecule has 64 valence electrons. The summed E-state index contributed by atoms with van der Waals surface area (Å²) < 4.78 is 0. The zero-order chi connectivity index (χ0) is 8.48. The molecule has 1 aliphatic heterocycles. The normalized spacial score (nSPS) is 19.5. The van der Waals surface area contributed by atoms with Crippen LogP contribution in [0.15, 0.2) is 12.3 Å². The molecule has 1 nitrogen and oxygen atoms in total. The SMILES string of the molecule is C=C1CCCN1CC(C)(C)C. The Bertz CT molecular complexity index is 153. The molecule has 0 aromatic rings. The molecule has 0 aromatic heterocycles. The molecule has 0 atom stereocenters. The number of rotatable bonds is 1. The minimum absolute atomic E-state index is 0.410. The van der Waals surface area contributed by atoms with E-state index in [9.17, 15) is 0 Å². The summed E-state index contributed by atoms with van der Waals surface area (Å²) in [7, 11) is 0. The van der Waals surface area contributed by atoms with Crippen molar-refractivity contribution in [3.8, 4) is 0 Å². The quantitative estimate of drug-likeness (QED) is 0.560. The van der Waals surface area contributed by atoms with Crippen molar-refractivity contribution >= 4 is 0 Å². The summed E-state index contributed by atoms with van der Waals surface area (Å²) >= 11 is 0. The lowest BCUT2D eigenvalue weighted by atomic mass is 9.96. The van der Waals surface area contributed by atoms with E-state index in [1.54, 1.807) is 0 Å². The van der Waals surface area contributed by atoms with Crippen molar-refractivity contribution in [2.45, 2.75) is 33.6 Å². The van der Waals surface area contributed by atoms with Gasteiger partial charge in [0.25, 0.3) is 0 Å². The van der Waals surface area contributed by atoms with Crippen LogP contribution >= 0.6 is 0 Å². The number of hydrogen-bond donors (Lipinski definition) is 0. The fraction of sp³-hybridized carbons (Fsp3) is 0.800. The highest BCUT2D eigenvalue weighted by molar-refractivity contribution is 5.00. The lowest BCUT2D eigenvalue weighted by Crippen LogP contribution is -2.28. The molecule has 0 amide bonds. The average Bonchev–Trinajstić information content (AvgIpc) is 2.12. The van der Waals surface area contributed by atoms with Gasteiger partial charge in [-0.1, -0.05) is 27.4 Å². The predicted molar refractivity (Wildman–Crippen MR) is 49.4 cm³/mol. The first-order valence-electron chi connectivity index (χ1n) is 4.42. The molecule has 0 unspecified atom stereocenters. The van der Waals surface area contributed by atoms with E-state index in [1.807, 2.05) is 0 Å². The molecule has 1 rings (SSSR count). The summed E-state index contributed by atoms with van der Waals surface area (Å²) in [6.07, 6.45) is 2.50. The summed E-state index contributed by atoms with van der Waals surface area (Å²) in [5, 5.41) is 0. The van der Waals surface area contributed by atoms with Crippen LogP contribution in [0.1, 0.15) is 33.6 Å². The molecule has 1 fully saturated rings. The van der Waals surface area contributed by atoms with Gasteiger partial charge in [-0.15, -0.1) is 0 Å². The molecule has 0 bridgehead atoms. The standard InChI is InChI=1S/C10H19N/c1-9-6-5-7-11(9)8-10(2,3)4/h1,5-8H2,2-4H3. The smallest absolute Gasteiger partial charge is 0.0223 e. The van der Waals surface area contributed by atoms with E-state index >= 15 is 0 Å². The Morgan fingerprint density at radius 3 is 2.45 bits per heavy atom. The molecule has 0 radical (unpaired) electrons. The van der Waals surface area contributed by atoms with Crippen molar-refractivity contribution in [3.05, 3.63) is 12.3 Å². The molecule has 11 heavy (non-hydrogen) atoms. The van der Waals surface area contributed by atoms with Crippen LogP contribution in [-0.4, -0.2) is 18.0 Å². The van der Waals surface area contributed by atoms with E-state index in [0.717, 1.165) is 6.54 Å². The van der Waals surface area contributed by atoms with Crippen molar-refractivity contribution in [2.75, 3.05) is 13.1 Å². The van der Waals surface area contributed by atoms with Crippen LogP contribution in [0.5, 0.6) is 0 Å². The first-order chi connectivity index (χ1) is 4.99. The van der Waals surface area contributed by atoms with Crippen LogP contribution < -0.4 is 0 Å². The molecule has 0 aliphatic carbocycles. The summed E-state index contributed by atoms with van der Waals surface area (Å²) in [4.78, 5) is 2.42. The molecular weight excluding hydrogens is 134 g/mol. The van der Waals surface area contributed by atoms with E-state index in [4.69, 9.17) is 0 Å². The summed E-state index contributed by atoms with van der Waals surface area (Å²) in [6.45, 7) is 13.3. The Kier molecular flexibility index (Phi) is 2.26. The third-order valence-electron chi connectivity index (χ3n) is 2.01. The van der Waals surface area contributed by atoms with Crippen molar-refractivity contribution in [3.63, 3.8) is 0 Å². The highest BCUT2D eigenvalue weighted by atomic mass is 15.2. The van der Waals surface area contributed by atoms with Gasteiger partial charge in [-0.3, -0.25) is 0 Å². The largest absolute Gasteiger partial charge is 0.375 e. The van der Waals surface area contributed by atoms with Crippen molar-refractivity contribution in [1.29, 1.82) is 0 Å². The molecule has 1 heterocycles. The average molecular weight is 153 g/mol. The second-order valence-electron chi connectivity index (χ2n) is 4.65. The van der Waals surface area contributed by atoms with E-state index in [0.29, 0.717) is 5.41 Å². The van der Waals surface area contributed by atoms with Crippen molar-refractivity contribution < 1.29 is 0 Å². The van der Waals surface area contributed by atoms with Crippen LogP contribution in [0.4, 0.5) is 0 Å². The molecule has 1 saturated heterocycles. The van der Waals surface area contributed by atoms with Crippen LogP contribution in [0, 0.1) is 5.41 Å². The van der Waals surface area contributed by atoms with Crippen molar-refractivity contribution in [1.82, 2.24) is 4.90 Å². The summed E-state index contributed by atoms with van der Waals surface area (Å²) in [5.41, 5.74) is 1.74. The van der Waals surface area contributed by atoms with Gasteiger partial charge in [0.05, 0.1) is 0 Å². The Morgan fingerprint density at radius 2 is 2.09 bits per heavy atom. The lowest BCUT2D eigenvalue weighted by Gasteiger charge is -2.28. The predicted octanol–water partition coefficient (Wildman–Crippen LogP) is 2.64. The van der Waals surface area contributed by atoms with Gasteiger partial charge < -0.3 is 4.90 Å². The maximum Gasteiger partial charge on any atom is 0.0223 e. The number of hydrogen-bond acceptors (Lipinski definition) is 1. The second-order valence-corrected chi connectivity index (χ2v) is 4.65. The Balaban J connectivity index is 2.43. The highest BCUT2D eigenvalue weighted by Gasteiger charge is 2.20. The molecular formula is C10H19N. The van der Waals surface area contributed by atoms with Gasteiger partial charge in [-0.25, -0.2) is 0 Å². The molecule has 0 N–H and O–H groups in total. The van der Waals surface area contributed by atoms with E-state index < -0.39 is 0 Å². The topological polar surface area (TPSA) is 3.24 Å². The first kappa shape index (κ1) is 8.63. The third-order valence-corrected chi connectivity index (χ3v) is 2.01. The van der Waals surface area contributed by atoms with Gasteiger partial charge in [-0.2, -0.15) is 0 Å². The number of likely N-dealkylation sites (tertiary alicyclic amines) is 1. The van der Waals surface area contributed by atoms with E-state index in [1.165, 1.54) is 25.1 Å². The van der Waals surface area contributed by atoms with Crippen molar-refractivity contribution in [2.24, 2.45) is 5.41 Å². The first-order valence-corrected chi connectivity index (χ1v) is 4.42. The minimum atomic E-state index is 0.410. The van der Waals surface area contributed by atoms with E-state index in [-0.39, 0.29) is 0 Å². The molecule has 0 saturated carbocycles. The van der Waals surface area contributed by atoms with Gasteiger partial charge in [0, 0.05) is 18.8 Å². The minimum Gasteiger partial charge on any atom is -0.375 e. The van der Waals surface area contributed by atoms with Gasteiger partial charge >= 0.3 is 0 Å². The molecule has 0 aromatic carbocycles. The van der Waals surface area contributed by atoms with Crippen LogP contribution in [0.2, 0.25) is 0 Å². The monoisotopic (exact) mass is 153 g/mol. The Labute approximate surface area is 70.1 Å². The molecule has 0 spiro atoms. The van der Waals surface area contributed by atoms with Crippen LogP contribution in [-0.2, 0) is 0 Å². The number of nitrogens with zero attached hydrogens (tertiary/aromatic N) is 1. The highest BCUT2D eigenvalue weighted by Crippen LogP contribution is 2.24. The lowest BCUT2D eigenvalue weighted by molar-refractivity contribution is 0.258. The maximum atomic E-state index is 4.05. The maximum absolute atomic E-state index is 4.05. The third kappa shape index (κ3) is 2.57. The second kappa shape index (κ2) is 2.88. The van der Waals surface area contributed by atoms with Crippen LogP contribution in [0.3, 0.4) is 0 Å². The van der Waals surface area contributed by atoms with Gasteiger partial charge in [-0.05, 0) is 18.3 Å². The van der Waals surface area contributed by atoms with E-state index in [2.05, 4.69) is 32.3 Å². The Hall–Kier alpha value is -0.460. The van der Waals surface area contributed by atoms with Gasteiger partial charge in [0.15, 0.2) is 0 Å². The molecule has 1 aliphatic rings. The zero-order valence-corrected chi connectivity index (χ0v) is 7.98. The fourth-order valence-electron chi connectivity index (χ4n) is 1.55. The summed E-state index contributed by atoms with van der Waals surface area (Å²) in [6, 6.07) is 0. The molecule has 1 heteroatoms. The fourth-order valence-corrected chi connectivity index (χ4v) is 1.55. The zero-order valence-electron chi connectivity index (χ0n) is 7.98. The van der Waals surface area contributed by atoms with Gasteiger partial charge in [0.2, 0.25) is 0 Å².